The minimum absolute atomic E-state index is 0.227. The molecule has 25 heavy (non-hydrogen) atoms. The number of nitrogens with zero attached hydrogens (tertiary/aromatic N) is 1. The number of benzene rings is 2. The number of carbonyl (C=O) groups is 2. The summed E-state index contributed by atoms with van der Waals surface area (Å²) in [5.41, 5.74) is 2.47. The zero-order valence-corrected chi connectivity index (χ0v) is 14.5. The molecular weight excluding hydrogens is 314 g/mol. The lowest BCUT2D eigenvalue weighted by Crippen LogP contribution is -2.46. The predicted molar refractivity (Wildman–Crippen MR) is 98.5 cm³/mol. The average Bonchev–Trinajstić information content (AvgIpc) is 2.72. The van der Waals surface area contributed by atoms with Crippen LogP contribution in [-0.2, 0) is 9.59 Å². The molecule has 0 saturated heterocycles. The second kappa shape index (κ2) is 6.51. The summed E-state index contributed by atoms with van der Waals surface area (Å²) in [6.45, 7) is 5.40. The molecule has 0 aliphatic carbocycles. The van der Waals surface area contributed by atoms with Crippen LogP contribution in [0.15, 0.2) is 59.6 Å². The normalized spacial score (nSPS) is 17.0. The number of benzodiazepines with no additional fused rings is 1. The van der Waals surface area contributed by atoms with Crippen molar-refractivity contribution in [3.8, 4) is 0 Å². The van der Waals surface area contributed by atoms with E-state index in [1.807, 2.05) is 54.6 Å². The Morgan fingerprint density at radius 2 is 1.68 bits per heavy atom. The first kappa shape index (κ1) is 16.9. The molecule has 0 fully saturated rings. The second-order valence-corrected chi connectivity index (χ2v) is 7.00. The quantitative estimate of drug-likeness (QED) is 0.886. The van der Waals surface area contributed by atoms with Gasteiger partial charge in [-0.3, -0.25) is 9.59 Å². The van der Waals surface area contributed by atoms with Gasteiger partial charge in [0.2, 0.25) is 12.1 Å². The maximum Gasteiger partial charge on any atom is 0.269 e. The van der Waals surface area contributed by atoms with Crippen LogP contribution in [0.2, 0.25) is 0 Å². The predicted octanol–water partition coefficient (Wildman–Crippen LogP) is 2.96. The minimum atomic E-state index is -0.977. The van der Waals surface area contributed by atoms with E-state index in [4.69, 9.17) is 0 Å². The van der Waals surface area contributed by atoms with Crippen molar-refractivity contribution in [1.29, 1.82) is 0 Å². The molecule has 1 aliphatic rings. The van der Waals surface area contributed by atoms with Gasteiger partial charge in [0.15, 0.2) is 0 Å². The van der Waals surface area contributed by atoms with Crippen LogP contribution >= 0.6 is 0 Å². The molecule has 1 aliphatic heterocycles. The molecule has 1 unspecified atom stereocenters. The van der Waals surface area contributed by atoms with Crippen LogP contribution < -0.4 is 10.6 Å². The van der Waals surface area contributed by atoms with Gasteiger partial charge in [0.25, 0.3) is 5.91 Å². The van der Waals surface area contributed by atoms with Crippen LogP contribution in [0.4, 0.5) is 5.69 Å². The first-order chi connectivity index (χ1) is 11.9. The zero-order chi connectivity index (χ0) is 18.0. The van der Waals surface area contributed by atoms with E-state index in [0.717, 1.165) is 11.1 Å². The topological polar surface area (TPSA) is 70.6 Å². The lowest BCUT2D eigenvalue weighted by molar-refractivity contribution is -0.131. The number of carbonyl (C=O) groups excluding carboxylic acids is 2. The first-order valence-corrected chi connectivity index (χ1v) is 8.21. The van der Waals surface area contributed by atoms with Gasteiger partial charge in [0.1, 0.15) is 0 Å². The summed E-state index contributed by atoms with van der Waals surface area (Å²) in [5.74, 6) is -0.578. The SMILES string of the molecule is CC(C)(C)C(=O)NC1N=C(c2ccccc2)c2ccccc2NC1=O. The molecule has 0 radical (unpaired) electrons. The van der Waals surface area contributed by atoms with E-state index in [0.29, 0.717) is 11.4 Å². The fourth-order valence-electron chi connectivity index (χ4n) is 2.52. The lowest BCUT2D eigenvalue weighted by Gasteiger charge is -2.21. The fraction of sp³-hybridized carbons (Fsp3) is 0.250. The van der Waals surface area contributed by atoms with E-state index in [1.165, 1.54) is 0 Å². The van der Waals surface area contributed by atoms with Gasteiger partial charge in [-0.2, -0.15) is 0 Å². The van der Waals surface area contributed by atoms with Crippen LogP contribution in [0.25, 0.3) is 0 Å². The molecule has 1 heterocycles. The number of hydrogen-bond donors (Lipinski definition) is 2. The number of amides is 2. The molecule has 5 heteroatoms. The van der Waals surface area contributed by atoms with Gasteiger partial charge in [-0.25, -0.2) is 4.99 Å². The Kier molecular flexibility index (Phi) is 4.40. The Morgan fingerprint density at radius 1 is 1.04 bits per heavy atom. The molecule has 0 bridgehead atoms. The Labute approximate surface area is 147 Å². The number of para-hydroxylation sites is 1. The third-order valence-electron chi connectivity index (χ3n) is 3.94. The molecule has 2 N–H and O–H groups in total. The minimum Gasteiger partial charge on any atom is -0.326 e. The Balaban J connectivity index is 2.07. The van der Waals surface area contributed by atoms with Crippen molar-refractivity contribution < 1.29 is 9.59 Å². The number of aliphatic imine (C=N–C) groups is 1. The molecule has 3 rings (SSSR count). The molecule has 2 aromatic rings. The summed E-state index contributed by atoms with van der Waals surface area (Å²) >= 11 is 0. The van der Waals surface area contributed by atoms with Crippen LogP contribution in [0, 0.1) is 5.41 Å². The van der Waals surface area contributed by atoms with Crippen LogP contribution in [0.3, 0.4) is 0 Å². The summed E-state index contributed by atoms with van der Waals surface area (Å²) in [6, 6.07) is 17.1. The van der Waals surface area contributed by atoms with Gasteiger partial charge in [-0.15, -0.1) is 0 Å². The third kappa shape index (κ3) is 3.60. The Bertz CT molecular complexity index is 836. The number of nitrogens with one attached hydrogen (secondary N) is 2. The largest absolute Gasteiger partial charge is 0.326 e. The molecule has 0 saturated carbocycles. The van der Waals surface area contributed by atoms with Gasteiger partial charge in [-0.05, 0) is 6.07 Å². The molecule has 2 amide bonds. The third-order valence-corrected chi connectivity index (χ3v) is 3.94. The molecule has 0 aromatic heterocycles. The highest BCUT2D eigenvalue weighted by Gasteiger charge is 2.30. The highest BCUT2D eigenvalue weighted by Crippen LogP contribution is 2.24. The molecule has 2 aromatic carbocycles. The average molecular weight is 335 g/mol. The van der Waals surface area contributed by atoms with Gasteiger partial charge < -0.3 is 10.6 Å². The van der Waals surface area contributed by atoms with Crippen molar-refractivity contribution in [1.82, 2.24) is 5.32 Å². The van der Waals surface area contributed by atoms with Crippen molar-refractivity contribution in [3.63, 3.8) is 0 Å². The van der Waals surface area contributed by atoms with E-state index in [-0.39, 0.29) is 11.8 Å². The zero-order valence-electron chi connectivity index (χ0n) is 14.5. The van der Waals surface area contributed by atoms with Crippen molar-refractivity contribution in [2.24, 2.45) is 10.4 Å². The van der Waals surface area contributed by atoms with Crippen molar-refractivity contribution in [2.45, 2.75) is 26.9 Å². The highest BCUT2D eigenvalue weighted by molar-refractivity contribution is 6.19. The lowest BCUT2D eigenvalue weighted by atomic mass is 9.95. The summed E-state index contributed by atoms with van der Waals surface area (Å²) in [4.78, 5) is 29.5. The first-order valence-electron chi connectivity index (χ1n) is 8.21. The standard InChI is InChI=1S/C20H21N3O2/c1-20(2,3)19(25)23-17-18(24)21-15-12-8-7-11-14(15)16(22-17)13-9-5-4-6-10-13/h4-12,17H,1-3H3,(H,21,24)(H,23,25). The van der Waals surface area contributed by atoms with Gasteiger partial charge in [0.05, 0.1) is 11.4 Å². The summed E-state index contributed by atoms with van der Waals surface area (Å²) in [5, 5.41) is 5.61. The molecule has 0 spiro atoms. The molecule has 1 atom stereocenters. The van der Waals surface area contributed by atoms with Gasteiger partial charge in [0, 0.05) is 16.5 Å². The fourth-order valence-corrected chi connectivity index (χ4v) is 2.52. The Hall–Kier alpha value is -2.95. The summed E-state index contributed by atoms with van der Waals surface area (Å²) < 4.78 is 0. The van der Waals surface area contributed by atoms with E-state index in [9.17, 15) is 9.59 Å². The van der Waals surface area contributed by atoms with Gasteiger partial charge in [-0.1, -0.05) is 69.3 Å². The second-order valence-electron chi connectivity index (χ2n) is 7.00. The summed E-state index contributed by atoms with van der Waals surface area (Å²) in [7, 11) is 0. The molecule has 5 nitrogen and oxygen atoms in total. The number of rotatable bonds is 2. The Morgan fingerprint density at radius 3 is 2.36 bits per heavy atom. The van der Waals surface area contributed by atoms with Crippen molar-refractivity contribution >= 4 is 23.2 Å². The highest BCUT2D eigenvalue weighted by atomic mass is 16.2. The van der Waals surface area contributed by atoms with Crippen LogP contribution in [0.5, 0.6) is 0 Å². The van der Waals surface area contributed by atoms with Crippen LogP contribution in [-0.4, -0.2) is 23.7 Å². The van der Waals surface area contributed by atoms with E-state index < -0.39 is 11.6 Å². The molecule has 128 valence electrons. The van der Waals surface area contributed by atoms with Crippen molar-refractivity contribution in [2.75, 3.05) is 5.32 Å². The van der Waals surface area contributed by atoms with Gasteiger partial charge >= 0.3 is 0 Å². The van der Waals surface area contributed by atoms with E-state index in [2.05, 4.69) is 15.6 Å². The van der Waals surface area contributed by atoms with Crippen LogP contribution in [0.1, 0.15) is 31.9 Å². The number of anilines is 1. The van der Waals surface area contributed by atoms with Crippen molar-refractivity contribution in [3.05, 3.63) is 65.7 Å². The number of hydrogen-bond acceptors (Lipinski definition) is 3. The maximum atomic E-state index is 12.6. The number of fused-ring (bicyclic) bond motifs is 1. The maximum absolute atomic E-state index is 12.6. The monoisotopic (exact) mass is 335 g/mol. The van der Waals surface area contributed by atoms with E-state index in [1.54, 1.807) is 20.8 Å². The smallest absolute Gasteiger partial charge is 0.269 e. The summed E-state index contributed by atoms with van der Waals surface area (Å²) in [6.07, 6.45) is -0.977. The van der Waals surface area contributed by atoms with E-state index >= 15 is 0 Å². The molecular formula is C20H21N3O2.